The average Bonchev–Trinajstić information content (AvgIpc) is 2.63. The first kappa shape index (κ1) is 19.2. The van der Waals surface area contributed by atoms with Crippen molar-refractivity contribution in [3.05, 3.63) is 58.1 Å². The summed E-state index contributed by atoms with van der Waals surface area (Å²) >= 11 is 6.01. The van der Waals surface area contributed by atoms with Crippen molar-refractivity contribution in [1.29, 1.82) is 0 Å². The predicted octanol–water partition coefficient (Wildman–Crippen LogP) is 4.08. The Kier molecular flexibility index (Phi) is 5.71. The van der Waals surface area contributed by atoms with Crippen molar-refractivity contribution in [2.45, 2.75) is 33.3 Å². The molecule has 0 aliphatic carbocycles. The maximum Gasteiger partial charge on any atom is 0.313 e. The van der Waals surface area contributed by atoms with Crippen LogP contribution in [-0.4, -0.2) is 24.6 Å². The van der Waals surface area contributed by atoms with Gasteiger partial charge < -0.3 is 14.8 Å². The molecule has 27 heavy (non-hydrogen) atoms. The van der Waals surface area contributed by atoms with E-state index in [1.165, 1.54) is 0 Å². The Bertz CT molecular complexity index is 860. The molecular formula is C21H22ClNO4. The molecule has 0 radical (unpaired) electrons. The maximum absolute atomic E-state index is 12.5. The smallest absolute Gasteiger partial charge is 0.313 e. The molecule has 1 aliphatic rings. The third-order valence-corrected chi connectivity index (χ3v) is 4.89. The number of rotatable bonds is 4. The number of hydrogen-bond acceptors (Lipinski definition) is 4. The topological polar surface area (TPSA) is 64.6 Å². The first-order chi connectivity index (χ1) is 12.8. The fraction of sp³-hybridized carbons (Fsp3) is 0.333. The molecule has 2 aromatic rings. The molecule has 142 valence electrons. The number of fused-ring (bicyclic) bond motifs is 1. The number of amides is 1. The summed E-state index contributed by atoms with van der Waals surface area (Å²) in [7, 11) is 0. The van der Waals surface area contributed by atoms with Crippen molar-refractivity contribution < 1.29 is 19.1 Å². The fourth-order valence-electron chi connectivity index (χ4n) is 3.07. The van der Waals surface area contributed by atoms with Crippen LogP contribution < -0.4 is 10.1 Å². The summed E-state index contributed by atoms with van der Waals surface area (Å²) < 4.78 is 11.0. The number of halogens is 1. The number of anilines is 1. The molecule has 0 bridgehead atoms. The minimum Gasteiger partial charge on any atom is -0.492 e. The van der Waals surface area contributed by atoms with Gasteiger partial charge in [-0.15, -0.1) is 0 Å². The minimum absolute atomic E-state index is 0.221. The van der Waals surface area contributed by atoms with Crippen molar-refractivity contribution >= 4 is 29.2 Å². The third kappa shape index (κ3) is 4.42. The Morgan fingerprint density at radius 3 is 2.63 bits per heavy atom. The molecule has 1 N–H and O–H groups in total. The summed E-state index contributed by atoms with van der Waals surface area (Å²) in [5.41, 5.74) is 3.52. The second kappa shape index (κ2) is 8.01. The summed E-state index contributed by atoms with van der Waals surface area (Å²) in [5, 5.41) is 3.44. The number of benzene rings is 2. The number of esters is 1. The Labute approximate surface area is 163 Å². The molecule has 1 amide bonds. The largest absolute Gasteiger partial charge is 0.492 e. The van der Waals surface area contributed by atoms with Crippen LogP contribution in [0.5, 0.6) is 5.75 Å². The summed E-state index contributed by atoms with van der Waals surface area (Å²) in [4.78, 5) is 24.9. The van der Waals surface area contributed by atoms with Crippen LogP contribution in [-0.2, 0) is 20.7 Å². The molecular weight excluding hydrogens is 366 g/mol. The van der Waals surface area contributed by atoms with Crippen molar-refractivity contribution in [3.63, 3.8) is 0 Å². The number of carbonyl (C=O) groups is 2. The van der Waals surface area contributed by atoms with Gasteiger partial charge in [0.05, 0.1) is 5.92 Å². The van der Waals surface area contributed by atoms with Crippen molar-refractivity contribution in [2.75, 3.05) is 11.9 Å². The maximum atomic E-state index is 12.5. The van der Waals surface area contributed by atoms with E-state index in [1.54, 1.807) is 25.1 Å². The van der Waals surface area contributed by atoms with Crippen LogP contribution in [0, 0.1) is 19.8 Å². The zero-order chi connectivity index (χ0) is 19.6. The second-order valence-corrected chi connectivity index (χ2v) is 7.24. The van der Waals surface area contributed by atoms with Crippen LogP contribution >= 0.6 is 11.6 Å². The molecule has 0 aromatic heterocycles. The highest BCUT2D eigenvalue weighted by atomic mass is 35.5. The highest BCUT2D eigenvalue weighted by Crippen LogP contribution is 2.30. The fourth-order valence-corrected chi connectivity index (χ4v) is 3.27. The van der Waals surface area contributed by atoms with Crippen LogP contribution in [0.3, 0.4) is 0 Å². The van der Waals surface area contributed by atoms with Crippen LogP contribution in [0.1, 0.15) is 23.6 Å². The molecule has 0 unspecified atom stereocenters. The van der Waals surface area contributed by atoms with Crippen LogP contribution in [0.2, 0.25) is 5.02 Å². The van der Waals surface area contributed by atoms with Gasteiger partial charge in [0.2, 0.25) is 0 Å². The van der Waals surface area contributed by atoms with E-state index < -0.39 is 18.0 Å². The van der Waals surface area contributed by atoms with Gasteiger partial charge in [-0.1, -0.05) is 29.8 Å². The van der Waals surface area contributed by atoms with Gasteiger partial charge in [0.1, 0.15) is 12.4 Å². The molecule has 5 nitrogen and oxygen atoms in total. The van der Waals surface area contributed by atoms with E-state index in [2.05, 4.69) is 5.32 Å². The molecule has 0 saturated heterocycles. The first-order valence-corrected chi connectivity index (χ1v) is 9.21. The van der Waals surface area contributed by atoms with E-state index in [0.717, 1.165) is 28.1 Å². The molecule has 6 heteroatoms. The number of aryl methyl sites for hydroxylation is 2. The number of para-hydroxylation sites is 1. The first-order valence-electron chi connectivity index (χ1n) is 8.84. The van der Waals surface area contributed by atoms with Crippen molar-refractivity contribution in [2.24, 2.45) is 5.92 Å². The van der Waals surface area contributed by atoms with E-state index >= 15 is 0 Å². The van der Waals surface area contributed by atoms with Gasteiger partial charge in [-0.3, -0.25) is 9.59 Å². The monoisotopic (exact) mass is 387 g/mol. The van der Waals surface area contributed by atoms with Crippen molar-refractivity contribution in [3.8, 4) is 5.75 Å². The number of ether oxygens (including phenoxy) is 2. The third-order valence-electron chi connectivity index (χ3n) is 4.65. The van der Waals surface area contributed by atoms with E-state index in [4.69, 9.17) is 21.1 Å². The lowest BCUT2D eigenvalue weighted by Crippen LogP contribution is -2.36. The van der Waals surface area contributed by atoms with Crippen LogP contribution in [0.4, 0.5) is 5.69 Å². The SMILES string of the molecule is Cc1cccc(C)c1NC(=O)[C@@H](C)OC(=O)[C@@H]1COc2ccc(Cl)cc2C1. The number of carbonyl (C=O) groups excluding carboxylic acids is 2. The lowest BCUT2D eigenvalue weighted by molar-refractivity contribution is -0.158. The van der Waals surface area contributed by atoms with E-state index in [9.17, 15) is 9.59 Å². The van der Waals surface area contributed by atoms with Crippen LogP contribution in [0.15, 0.2) is 36.4 Å². The van der Waals surface area contributed by atoms with Gasteiger partial charge in [-0.2, -0.15) is 0 Å². The average molecular weight is 388 g/mol. The van der Waals surface area contributed by atoms with Gasteiger partial charge in [0.15, 0.2) is 6.10 Å². The Balaban J connectivity index is 1.61. The summed E-state index contributed by atoms with van der Waals surface area (Å²) in [6.45, 7) is 5.62. The summed E-state index contributed by atoms with van der Waals surface area (Å²) in [5.74, 6) is -0.554. The van der Waals surface area contributed by atoms with Gasteiger partial charge >= 0.3 is 5.97 Å². The normalized spacial score (nSPS) is 16.7. The van der Waals surface area contributed by atoms with Crippen LogP contribution in [0.25, 0.3) is 0 Å². The Morgan fingerprint density at radius 1 is 1.22 bits per heavy atom. The zero-order valence-electron chi connectivity index (χ0n) is 15.5. The van der Waals surface area contributed by atoms with Gasteiger partial charge in [0.25, 0.3) is 5.91 Å². The summed E-state index contributed by atoms with van der Waals surface area (Å²) in [6, 6.07) is 11.1. The molecule has 1 aliphatic heterocycles. The van der Waals surface area contributed by atoms with Gasteiger partial charge in [-0.25, -0.2) is 0 Å². The van der Waals surface area contributed by atoms with E-state index in [0.29, 0.717) is 11.4 Å². The Hall–Kier alpha value is -2.53. The molecule has 1 heterocycles. The highest BCUT2D eigenvalue weighted by Gasteiger charge is 2.30. The molecule has 0 spiro atoms. The molecule has 2 aromatic carbocycles. The van der Waals surface area contributed by atoms with E-state index in [1.807, 2.05) is 32.0 Å². The Morgan fingerprint density at radius 2 is 1.93 bits per heavy atom. The minimum atomic E-state index is -0.905. The number of nitrogens with one attached hydrogen (secondary N) is 1. The number of hydrogen-bond donors (Lipinski definition) is 1. The summed E-state index contributed by atoms with van der Waals surface area (Å²) in [6.07, 6.45) is -0.433. The zero-order valence-corrected chi connectivity index (χ0v) is 16.3. The lowest BCUT2D eigenvalue weighted by Gasteiger charge is -2.25. The lowest BCUT2D eigenvalue weighted by atomic mass is 9.97. The highest BCUT2D eigenvalue weighted by molar-refractivity contribution is 6.30. The quantitative estimate of drug-likeness (QED) is 0.803. The van der Waals surface area contributed by atoms with Crippen molar-refractivity contribution in [1.82, 2.24) is 0 Å². The van der Waals surface area contributed by atoms with E-state index in [-0.39, 0.29) is 12.5 Å². The second-order valence-electron chi connectivity index (χ2n) is 6.80. The molecule has 3 rings (SSSR count). The standard InChI is InChI=1S/C21H22ClNO4/c1-12-5-4-6-13(2)19(12)23-20(24)14(3)27-21(25)16-9-15-10-17(22)7-8-18(15)26-11-16/h4-8,10,14,16H,9,11H2,1-3H3,(H,23,24)/t14-,16+/m1/s1. The molecule has 0 saturated carbocycles. The predicted molar refractivity (Wildman–Crippen MR) is 104 cm³/mol. The molecule has 2 atom stereocenters. The van der Waals surface area contributed by atoms with Gasteiger partial charge in [0, 0.05) is 10.7 Å². The molecule has 0 fully saturated rings. The van der Waals surface area contributed by atoms with Gasteiger partial charge in [-0.05, 0) is 62.1 Å².